The molecule has 76 heavy (non-hydrogen) atoms. The largest absolute Gasteiger partial charge is 0.462 e. The van der Waals surface area contributed by atoms with Crippen molar-refractivity contribution in [2.24, 2.45) is 0 Å². The van der Waals surface area contributed by atoms with Gasteiger partial charge in [0.25, 0.3) is 0 Å². The van der Waals surface area contributed by atoms with Crippen molar-refractivity contribution < 1.29 is 28.6 Å². The second-order valence-corrected chi connectivity index (χ2v) is 22.4. The number of carbonyl (C=O) groups is 3. The first kappa shape index (κ1) is 73.1. The first-order valence-electron chi connectivity index (χ1n) is 33.3. The van der Waals surface area contributed by atoms with Crippen LogP contribution in [-0.2, 0) is 28.6 Å². The summed E-state index contributed by atoms with van der Waals surface area (Å²) in [7, 11) is 0. The van der Waals surface area contributed by atoms with Gasteiger partial charge in [-0.1, -0.05) is 306 Å². The molecule has 0 aromatic carbocycles. The van der Waals surface area contributed by atoms with Crippen molar-refractivity contribution >= 4 is 17.9 Å². The number of allylic oxidation sites excluding steroid dienone is 10. The average Bonchev–Trinajstić information content (AvgIpc) is 3.42. The molecule has 0 aliphatic heterocycles. The van der Waals surface area contributed by atoms with Crippen molar-refractivity contribution in [2.45, 2.75) is 354 Å². The van der Waals surface area contributed by atoms with Crippen LogP contribution in [0.4, 0.5) is 0 Å². The van der Waals surface area contributed by atoms with Crippen LogP contribution in [0.1, 0.15) is 348 Å². The molecule has 0 heterocycles. The molecule has 0 fully saturated rings. The van der Waals surface area contributed by atoms with Gasteiger partial charge in [0.1, 0.15) is 13.2 Å². The molecule has 0 N–H and O–H groups in total. The molecule has 6 heteroatoms. The van der Waals surface area contributed by atoms with Gasteiger partial charge < -0.3 is 14.2 Å². The fourth-order valence-electron chi connectivity index (χ4n) is 9.79. The highest BCUT2D eigenvalue weighted by Gasteiger charge is 2.19. The van der Waals surface area contributed by atoms with Crippen molar-refractivity contribution in [1.82, 2.24) is 0 Å². The predicted octanol–water partition coefficient (Wildman–Crippen LogP) is 22.7. The third-order valence-corrected chi connectivity index (χ3v) is 14.8. The van der Waals surface area contributed by atoms with E-state index < -0.39 is 6.10 Å². The maximum atomic E-state index is 12.9. The summed E-state index contributed by atoms with van der Waals surface area (Å²) in [5.41, 5.74) is 0. The molecular weight excluding hydrogens is 937 g/mol. The molecule has 0 radical (unpaired) electrons. The number of hydrogen-bond acceptors (Lipinski definition) is 6. The van der Waals surface area contributed by atoms with Gasteiger partial charge in [-0.3, -0.25) is 14.4 Å². The fraction of sp³-hybridized carbons (Fsp3) is 0.814. The van der Waals surface area contributed by atoms with Crippen molar-refractivity contribution in [1.29, 1.82) is 0 Å². The average molecular weight is 1060 g/mol. The molecule has 0 aromatic rings. The summed E-state index contributed by atoms with van der Waals surface area (Å²) >= 11 is 0. The predicted molar refractivity (Wildman–Crippen MR) is 330 cm³/mol. The Hall–Kier alpha value is -2.89. The lowest BCUT2D eigenvalue weighted by atomic mass is 10.0. The van der Waals surface area contributed by atoms with E-state index >= 15 is 0 Å². The van der Waals surface area contributed by atoms with E-state index in [0.29, 0.717) is 19.3 Å². The maximum Gasteiger partial charge on any atom is 0.306 e. The summed E-state index contributed by atoms with van der Waals surface area (Å²) < 4.78 is 16.9. The zero-order valence-corrected chi connectivity index (χ0v) is 50.8. The molecule has 0 aliphatic carbocycles. The molecular formula is C70H126O6. The molecule has 0 rings (SSSR count). The van der Waals surface area contributed by atoms with Crippen molar-refractivity contribution in [3.63, 3.8) is 0 Å². The van der Waals surface area contributed by atoms with E-state index in [4.69, 9.17) is 14.2 Å². The third kappa shape index (κ3) is 62.0. The van der Waals surface area contributed by atoms with Gasteiger partial charge in [0.2, 0.25) is 0 Å². The Kier molecular flexibility index (Phi) is 62.2. The van der Waals surface area contributed by atoms with Gasteiger partial charge in [-0.2, -0.15) is 0 Å². The van der Waals surface area contributed by atoms with Crippen LogP contribution in [0, 0.1) is 0 Å². The van der Waals surface area contributed by atoms with Gasteiger partial charge in [-0.05, 0) is 83.5 Å². The van der Waals surface area contributed by atoms with Crippen LogP contribution in [0.3, 0.4) is 0 Å². The minimum atomic E-state index is -0.773. The highest BCUT2D eigenvalue weighted by atomic mass is 16.6. The number of esters is 3. The van der Waals surface area contributed by atoms with E-state index in [1.54, 1.807) is 0 Å². The summed E-state index contributed by atoms with van der Waals surface area (Å²) in [6.45, 7) is 6.56. The molecule has 0 aliphatic rings. The van der Waals surface area contributed by atoms with E-state index in [2.05, 4.69) is 81.5 Å². The Balaban J connectivity index is 4.18. The van der Waals surface area contributed by atoms with Gasteiger partial charge in [-0.25, -0.2) is 0 Å². The Labute approximate surface area is 472 Å². The van der Waals surface area contributed by atoms with Crippen LogP contribution in [0.5, 0.6) is 0 Å². The standard InChI is InChI=1S/C70H126O6/c1-4-7-10-13-16-19-22-24-26-28-30-32-33-34-35-36-37-39-40-42-44-46-48-51-54-57-60-63-69(72)75-66-67(65-74-68(71)62-59-56-53-50-21-18-15-12-9-6-3)76-70(73)64-61-58-55-52-49-47-45-43-41-38-31-29-27-25-23-20-17-14-11-8-5-2/h7,10,16,19,24,26,29-32,67H,4-6,8-9,11-15,17-18,20-23,25,27-28,33-66H2,1-3H3/b10-7-,19-16-,26-24-,31-29-,32-30-. The van der Waals surface area contributed by atoms with Crippen LogP contribution >= 0.6 is 0 Å². The SMILES string of the molecule is CC/C=C\C/C=C\C/C=C\C/C=C\CCCCCCCCCCCCCCCCC(=O)OCC(COC(=O)CCCCCCCCCCCC)OC(=O)CCCCCCCCCCC/C=C\CCCCCCCCCC. The zero-order valence-electron chi connectivity index (χ0n) is 50.8. The highest BCUT2D eigenvalue weighted by Crippen LogP contribution is 2.17. The summed E-state index contributed by atoms with van der Waals surface area (Å²) in [5, 5.41) is 0. The quantitative estimate of drug-likeness (QED) is 0.0261. The van der Waals surface area contributed by atoms with E-state index in [1.807, 2.05) is 0 Å². The Bertz CT molecular complexity index is 1360. The number of rotatable bonds is 61. The van der Waals surface area contributed by atoms with E-state index in [1.165, 1.54) is 225 Å². The first-order valence-corrected chi connectivity index (χ1v) is 33.3. The Morgan fingerprint density at radius 1 is 0.276 bits per heavy atom. The molecule has 0 bridgehead atoms. The summed E-state index contributed by atoms with van der Waals surface area (Å²) in [5.74, 6) is -0.855. The summed E-state index contributed by atoms with van der Waals surface area (Å²) in [4.78, 5) is 38.3. The van der Waals surface area contributed by atoms with Gasteiger partial charge in [-0.15, -0.1) is 0 Å². The Morgan fingerprint density at radius 2 is 0.513 bits per heavy atom. The monoisotopic (exact) mass is 1060 g/mol. The molecule has 1 unspecified atom stereocenters. The molecule has 0 aromatic heterocycles. The van der Waals surface area contributed by atoms with Crippen LogP contribution in [0.25, 0.3) is 0 Å². The minimum absolute atomic E-state index is 0.0705. The highest BCUT2D eigenvalue weighted by molar-refractivity contribution is 5.71. The van der Waals surface area contributed by atoms with Crippen LogP contribution in [0.2, 0.25) is 0 Å². The minimum Gasteiger partial charge on any atom is -0.462 e. The third-order valence-electron chi connectivity index (χ3n) is 14.8. The summed E-state index contributed by atoms with van der Waals surface area (Å²) in [6, 6.07) is 0. The second-order valence-electron chi connectivity index (χ2n) is 22.4. The lowest BCUT2D eigenvalue weighted by Crippen LogP contribution is -2.30. The lowest BCUT2D eigenvalue weighted by molar-refractivity contribution is -0.167. The van der Waals surface area contributed by atoms with Gasteiger partial charge in [0, 0.05) is 19.3 Å². The van der Waals surface area contributed by atoms with Gasteiger partial charge >= 0.3 is 17.9 Å². The van der Waals surface area contributed by atoms with Crippen molar-refractivity contribution in [3.8, 4) is 0 Å². The maximum absolute atomic E-state index is 12.9. The van der Waals surface area contributed by atoms with Crippen LogP contribution in [-0.4, -0.2) is 37.2 Å². The Morgan fingerprint density at radius 3 is 0.816 bits per heavy atom. The van der Waals surface area contributed by atoms with E-state index in [0.717, 1.165) is 83.5 Å². The number of unbranched alkanes of at least 4 members (excludes halogenated alkanes) is 40. The molecule has 0 amide bonds. The van der Waals surface area contributed by atoms with Crippen molar-refractivity contribution in [2.75, 3.05) is 13.2 Å². The topological polar surface area (TPSA) is 78.9 Å². The lowest BCUT2D eigenvalue weighted by Gasteiger charge is -2.18. The van der Waals surface area contributed by atoms with E-state index in [-0.39, 0.29) is 31.1 Å². The second kappa shape index (κ2) is 64.6. The smallest absolute Gasteiger partial charge is 0.306 e. The number of ether oxygens (including phenoxy) is 3. The zero-order chi connectivity index (χ0) is 55.0. The van der Waals surface area contributed by atoms with Crippen LogP contribution < -0.4 is 0 Å². The normalized spacial score (nSPS) is 12.4. The first-order chi connectivity index (χ1) is 37.5. The fourth-order valence-corrected chi connectivity index (χ4v) is 9.79. The van der Waals surface area contributed by atoms with Crippen LogP contribution in [0.15, 0.2) is 60.8 Å². The molecule has 0 saturated carbocycles. The molecule has 6 nitrogen and oxygen atoms in total. The van der Waals surface area contributed by atoms with Crippen molar-refractivity contribution in [3.05, 3.63) is 60.8 Å². The summed E-state index contributed by atoms with van der Waals surface area (Å²) in [6.07, 6.45) is 82.4. The van der Waals surface area contributed by atoms with Gasteiger partial charge in [0.15, 0.2) is 6.10 Å². The number of hydrogen-bond donors (Lipinski definition) is 0. The molecule has 1 atom stereocenters. The molecule has 0 saturated heterocycles. The van der Waals surface area contributed by atoms with Gasteiger partial charge in [0.05, 0.1) is 0 Å². The molecule has 442 valence electrons. The number of carbonyl (C=O) groups excluding carboxylic acids is 3. The molecule has 0 spiro atoms. The van der Waals surface area contributed by atoms with E-state index in [9.17, 15) is 14.4 Å².